The van der Waals surface area contributed by atoms with Gasteiger partial charge in [-0.1, -0.05) is 6.55 Å². The summed E-state index contributed by atoms with van der Waals surface area (Å²) in [7, 11) is -10.3. The average Bonchev–Trinajstić information content (AvgIpc) is 2.29. The second kappa shape index (κ2) is 10.6. The van der Waals surface area contributed by atoms with Gasteiger partial charge in [-0.05, 0) is 96.3 Å². The van der Waals surface area contributed by atoms with Gasteiger partial charge in [0.1, 0.15) is 0 Å². The highest BCUT2D eigenvalue weighted by atomic mass is 28.5. The van der Waals surface area contributed by atoms with Crippen molar-refractivity contribution in [1.29, 1.82) is 0 Å². The van der Waals surface area contributed by atoms with Crippen molar-refractivity contribution in [3.05, 3.63) is 0 Å². The Kier molecular flexibility index (Phi) is 11.1. The van der Waals surface area contributed by atoms with Crippen LogP contribution < -0.4 is 0 Å². The van der Waals surface area contributed by atoms with Crippen LogP contribution in [0.5, 0.6) is 0 Å². The standard InChI is InChI=1S/C16H48O4Si7/c1-21-16-25(9,10)17-22(2)14-15-27(13,19-24(6,7)8)20-26(11,12)18-23(3,4)5/h22H,14-16,21H2,1-13H3. The molecular weight excluding hydrogens is 453 g/mol. The third kappa shape index (κ3) is 14.9. The van der Waals surface area contributed by atoms with Crippen molar-refractivity contribution in [3.63, 3.8) is 0 Å². The quantitative estimate of drug-likeness (QED) is 0.324. The molecule has 0 aliphatic rings. The SMILES string of the molecule is C[SiH2]C[Si](C)(C)O[SiH](C)CC[Si](C)(O[Si](C)(C)C)O[Si](C)(C)O[Si](C)(C)C. The van der Waals surface area contributed by atoms with Crippen molar-refractivity contribution >= 4 is 60.6 Å². The van der Waals surface area contributed by atoms with Gasteiger partial charge in [0.2, 0.25) is 0 Å². The Balaban J connectivity index is 5.14. The van der Waals surface area contributed by atoms with Crippen molar-refractivity contribution < 1.29 is 16.5 Å². The monoisotopic (exact) mass is 500 g/mol. The van der Waals surface area contributed by atoms with E-state index in [2.05, 4.69) is 85.1 Å². The summed E-state index contributed by atoms with van der Waals surface area (Å²) in [6, 6.07) is 2.20. The summed E-state index contributed by atoms with van der Waals surface area (Å²) < 4.78 is 26.6. The minimum absolute atomic E-state index is 0.0794. The molecule has 0 amide bonds. The Labute approximate surface area is 179 Å². The fourth-order valence-electron chi connectivity index (χ4n) is 3.78. The molecule has 0 saturated carbocycles. The summed E-state index contributed by atoms with van der Waals surface area (Å²) in [4.78, 5) is 0. The molecule has 4 nitrogen and oxygen atoms in total. The molecule has 0 aromatic rings. The molecule has 2 atom stereocenters. The summed E-state index contributed by atoms with van der Waals surface area (Å²) in [5, 5.41) is 0. The molecule has 0 bridgehead atoms. The van der Waals surface area contributed by atoms with Crippen LogP contribution in [0.4, 0.5) is 0 Å². The van der Waals surface area contributed by atoms with Gasteiger partial charge in [0, 0.05) is 9.52 Å². The van der Waals surface area contributed by atoms with Gasteiger partial charge >= 0.3 is 17.1 Å². The fourth-order valence-corrected chi connectivity index (χ4v) is 35.8. The third-order valence-corrected chi connectivity index (χ3v) is 30.1. The Morgan fingerprint density at radius 2 is 1.22 bits per heavy atom. The molecule has 27 heavy (non-hydrogen) atoms. The van der Waals surface area contributed by atoms with Crippen molar-refractivity contribution in [3.8, 4) is 0 Å². The van der Waals surface area contributed by atoms with Crippen LogP contribution in [0.1, 0.15) is 0 Å². The van der Waals surface area contributed by atoms with Gasteiger partial charge in [-0.3, -0.25) is 0 Å². The molecule has 0 aromatic heterocycles. The minimum atomic E-state index is -2.28. The van der Waals surface area contributed by atoms with E-state index in [4.69, 9.17) is 16.5 Å². The summed E-state index contributed by atoms with van der Waals surface area (Å²) >= 11 is 0. The van der Waals surface area contributed by atoms with Crippen LogP contribution in [0.25, 0.3) is 0 Å². The molecule has 0 saturated heterocycles. The normalized spacial score (nSPS) is 18.1. The van der Waals surface area contributed by atoms with Crippen molar-refractivity contribution in [1.82, 2.24) is 0 Å². The first-order valence-corrected chi connectivity index (χ1v) is 30.7. The molecular formula is C16H48O4Si7. The summed E-state index contributed by atoms with van der Waals surface area (Å²) in [6.45, 7) is 29.8. The van der Waals surface area contributed by atoms with Gasteiger partial charge < -0.3 is 16.5 Å². The van der Waals surface area contributed by atoms with Crippen LogP contribution in [0.3, 0.4) is 0 Å². The summed E-state index contributed by atoms with van der Waals surface area (Å²) in [5.74, 6) is 0. The molecule has 11 heteroatoms. The van der Waals surface area contributed by atoms with Crippen LogP contribution in [0, 0.1) is 0 Å². The summed E-state index contributed by atoms with van der Waals surface area (Å²) in [6.07, 6.45) is 0. The molecule has 0 N–H and O–H groups in total. The van der Waals surface area contributed by atoms with Crippen LogP contribution >= 0.6 is 0 Å². The zero-order chi connectivity index (χ0) is 21.7. The Morgan fingerprint density at radius 3 is 1.63 bits per heavy atom. The molecule has 0 aromatic carbocycles. The van der Waals surface area contributed by atoms with E-state index in [9.17, 15) is 0 Å². The van der Waals surface area contributed by atoms with E-state index in [1.165, 1.54) is 5.67 Å². The van der Waals surface area contributed by atoms with E-state index in [1.807, 2.05) is 0 Å². The van der Waals surface area contributed by atoms with Crippen LogP contribution in [-0.4, -0.2) is 60.6 Å². The van der Waals surface area contributed by atoms with E-state index in [1.54, 1.807) is 0 Å². The van der Waals surface area contributed by atoms with Gasteiger partial charge in [-0.15, -0.1) is 0 Å². The van der Waals surface area contributed by atoms with Crippen LogP contribution in [0.2, 0.25) is 103 Å². The second-order valence-electron chi connectivity index (χ2n) is 11.0. The van der Waals surface area contributed by atoms with Crippen LogP contribution in [-0.2, 0) is 16.5 Å². The van der Waals surface area contributed by atoms with E-state index >= 15 is 0 Å². The number of hydrogen-bond acceptors (Lipinski definition) is 4. The van der Waals surface area contributed by atoms with E-state index < -0.39 is 51.1 Å². The Morgan fingerprint density at radius 1 is 0.741 bits per heavy atom. The number of rotatable bonds is 13. The van der Waals surface area contributed by atoms with Gasteiger partial charge in [0.15, 0.2) is 34.0 Å². The summed E-state index contributed by atoms with van der Waals surface area (Å²) in [5.41, 5.74) is 1.39. The predicted octanol–water partition coefficient (Wildman–Crippen LogP) is 5.23. The largest absolute Gasteiger partial charge is 0.458 e. The van der Waals surface area contributed by atoms with Crippen LogP contribution in [0.15, 0.2) is 0 Å². The number of hydrogen-bond donors (Lipinski definition) is 0. The highest BCUT2D eigenvalue weighted by Crippen LogP contribution is 2.29. The second-order valence-corrected chi connectivity index (χ2v) is 37.2. The minimum Gasteiger partial charge on any atom is -0.458 e. The average molecular weight is 501 g/mol. The lowest BCUT2D eigenvalue weighted by molar-refractivity contribution is 0.325. The highest BCUT2D eigenvalue weighted by Gasteiger charge is 2.44. The lowest BCUT2D eigenvalue weighted by Crippen LogP contribution is -2.57. The zero-order valence-electron chi connectivity index (χ0n) is 20.5. The first-order chi connectivity index (χ1) is 11.8. The lowest BCUT2D eigenvalue weighted by Gasteiger charge is -2.41. The third-order valence-electron chi connectivity index (χ3n) is 3.91. The molecule has 0 heterocycles. The predicted molar refractivity (Wildman–Crippen MR) is 139 cm³/mol. The first kappa shape index (κ1) is 28.4. The van der Waals surface area contributed by atoms with E-state index in [-0.39, 0.29) is 9.52 Å². The molecule has 164 valence electrons. The molecule has 0 radical (unpaired) electrons. The van der Waals surface area contributed by atoms with Gasteiger partial charge in [-0.25, -0.2) is 0 Å². The van der Waals surface area contributed by atoms with Crippen molar-refractivity contribution in [2.24, 2.45) is 0 Å². The topological polar surface area (TPSA) is 36.9 Å². The maximum atomic E-state index is 6.79. The molecule has 2 unspecified atom stereocenters. The van der Waals surface area contributed by atoms with E-state index in [0.29, 0.717) is 0 Å². The fraction of sp³-hybridized carbons (Fsp3) is 1.00. The molecule has 0 aliphatic carbocycles. The maximum absolute atomic E-state index is 6.79. The van der Waals surface area contributed by atoms with Crippen molar-refractivity contribution in [2.45, 2.75) is 103 Å². The lowest BCUT2D eigenvalue weighted by atomic mass is 10.9. The van der Waals surface area contributed by atoms with Gasteiger partial charge in [-0.2, -0.15) is 0 Å². The van der Waals surface area contributed by atoms with Crippen molar-refractivity contribution in [2.75, 3.05) is 0 Å². The van der Waals surface area contributed by atoms with Gasteiger partial charge in [0.25, 0.3) is 0 Å². The molecule has 0 rings (SSSR count). The van der Waals surface area contributed by atoms with Gasteiger partial charge in [0.05, 0.1) is 0 Å². The zero-order valence-corrected chi connectivity index (χ0v) is 28.1. The molecule has 0 spiro atoms. The molecule has 0 aliphatic heterocycles. The Hall–Kier alpha value is 1.36. The Bertz CT molecular complexity index is 449. The maximum Gasteiger partial charge on any atom is 0.315 e. The first-order valence-electron chi connectivity index (χ1n) is 10.6. The smallest absolute Gasteiger partial charge is 0.315 e. The molecule has 0 fully saturated rings. The van der Waals surface area contributed by atoms with E-state index in [0.717, 1.165) is 12.1 Å². The highest BCUT2D eigenvalue weighted by molar-refractivity contribution is 6.90.